The van der Waals surface area contributed by atoms with Gasteiger partial charge in [0.1, 0.15) is 5.82 Å². The van der Waals surface area contributed by atoms with Crippen LogP contribution in [0.3, 0.4) is 0 Å². The quantitative estimate of drug-likeness (QED) is 0.799. The van der Waals surface area contributed by atoms with Gasteiger partial charge in [0.25, 0.3) is 0 Å². The molecule has 0 aromatic carbocycles. The lowest BCUT2D eigenvalue weighted by Gasteiger charge is -2.14. The van der Waals surface area contributed by atoms with Crippen LogP contribution in [0.25, 0.3) is 0 Å². The van der Waals surface area contributed by atoms with Crippen molar-refractivity contribution < 1.29 is 13.2 Å². The van der Waals surface area contributed by atoms with Crippen LogP contribution in [-0.2, 0) is 27.8 Å². The zero-order valence-corrected chi connectivity index (χ0v) is 13.2. The highest BCUT2D eigenvalue weighted by molar-refractivity contribution is 7.92. The molecule has 0 aliphatic rings. The molecule has 0 bridgehead atoms. The highest BCUT2D eigenvalue weighted by Gasteiger charge is 2.14. The van der Waals surface area contributed by atoms with Gasteiger partial charge in [-0.05, 0) is 0 Å². The first-order valence-electron chi connectivity index (χ1n) is 5.98. The summed E-state index contributed by atoms with van der Waals surface area (Å²) in [5.41, 5.74) is 0.530. The number of carbonyl (C=O) groups excluding carboxylic acids is 1. The van der Waals surface area contributed by atoms with Gasteiger partial charge in [0.2, 0.25) is 15.9 Å². The summed E-state index contributed by atoms with van der Waals surface area (Å²) in [6, 6.07) is 0. The van der Waals surface area contributed by atoms with Gasteiger partial charge in [-0.15, -0.1) is 11.3 Å². The summed E-state index contributed by atoms with van der Waals surface area (Å²) < 4.78 is 24.5. The second kappa shape index (κ2) is 6.22. The smallest absolute Gasteiger partial charge is 0.231 e. The Morgan fingerprint density at radius 2 is 2.29 bits per heavy atom. The summed E-state index contributed by atoms with van der Waals surface area (Å²) in [7, 11) is -1.68. The first-order valence-corrected chi connectivity index (χ1v) is 8.75. The second-order valence-corrected chi connectivity index (χ2v) is 7.09. The second-order valence-electron chi connectivity index (χ2n) is 4.48. The van der Waals surface area contributed by atoms with E-state index < -0.39 is 10.0 Å². The van der Waals surface area contributed by atoms with Crippen LogP contribution < -0.4 is 4.72 Å². The first kappa shape index (κ1) is 15.4. The molecule has 0 aliphatic carbocycles. The Hall–Kier alpha value is -1.94. The lowest BCUT2D eigenvalue weighted by Crippen LogP contribution is -2.28. The molecule has 2 heterocycles. The van der Waals surface area contributed by atoms with Gasteiger partial charge in [-0.2, -0.15) is 0 Å². The largest absolute Gasteiger partial charge is 0.347 e. The molecule has 0 saturated heterocycles. The van der Waals surface area contributed by atoms with Crippen LogP contribution in [0.15, 0.2) is 17.8 Å². The standard InChI is InChI=1S/C11H15N5O3S2/c1-16(6-9-12-3-4-13-9)10(17)5-8-7-20-11(14-8)15-21(2,18)19/h3-4,7H,5-6H2,1-2H3,(H,12,13)(H,14,15). The molecule has 0 radical (unpaired) electrons. The molecule has 8 nitrogen and oxygen atoms in total. The van der Waals surface area contributed by atoms with Crippen molar-refractivity contribution in [3.05, 3.63) is 29.3 Å². The summed E-state index contributed by atoms with van der Waals surface area (Å²) in [5.74, 6) is 0.575. The van der Waals surface area contributed by atoms with Crippen LogP contribution in [0.1, 0.15) is 11.5 Å². The Labute approximate surface area is 126 Å². The van der Waals surface area contributed by atoms with Crippen molar-refractivity contribution in [1.82, 2.24) is 19.9 Å². The van der Waals surface area contributed by atoms with Crippen molar-refractivity contribution in [3.63, 3.8) is 0 Å². The molecule has 0 saturated carbocycles. The molecule has 2 aromatic rings. The van der Waals surface area contributed by atoms with Crippen LogP contribution in [0, 0.1) is 0 Å². The van der Waals surface area contributed by atoms with E-state index in [0.29, 0.717) is 18.1 Å². The SMILES string of the molecule is CN(Cc1ncc[nH]1)C(=O)Cc1csc(NS(C)(=O)=O)n1. The van der Waals surface area contributed by atoms with Gasteiger partial charge in [-0.1, -0.05) is 0 Å². The maximum atomic E-state index is 12.0. The van der Waals surface area contributed by atoms with Gasteiger partial charge in [0.15, 0.2) is 5.13 Å². The van der Waals surface area contributed by atoms with E-state index in [4.69, 9.17) is 0 Å². The number of aromatic nitrogens is 3. The molecule has 10 heteroatoms. The van der Waals surface area contributed by atoms with Crippen molar-refractivity contribution in [1.29, 1.82) is 0 Å². The monoisotopic (exact) mass is 329 g/mol. The number of anilines is 1. The lowest BCUT2D eigenvalue weighted by atomic mass is 10.3. The van der Waals surface area contributed by atoms with Crippen molar-refractivity contribution in [3.8, 4) is 0 Å². The fraction of sp³-hybridized carbons (Fsp3) is 0.364. The zero-order valence-electron chi connectivity index (χ0n) is 11.5. The number of carbonyl (C=O) groups is 1. The van der Waals surface area contributed by atoms with Crippen molar-refractivity contribution in [2.45, 2.75) is 13.0 Å². The average molecular weight is 329 g/mol. The molecule has 0 spiro atoms. The van der Waals surface area contributed by atoms with Gasteiger partial charge < -0.3 is 9.88 Å². The van der Waals surface area contributed by atoms with Crippen LogP contribution in [-0.4, -0.2) is 47.5 Å². The zero-order chi connectivity index (χ0) is 15.5. The molecule has 1 amide bonds. The minimum absolute atomic E-state index is 0.110. The lowest BCUT2D eigenvalue weighted by molar-refractivity contribution is -0.129. The number of hydrogen-bond acceptors (Lipinski definition) is 6. The first-order chi connectivity index (χ1) is 9.83. The Kier molecular flexibility index (Phi) is 4.58. The number of thiazole rings is 1. The van der Waals surface area contributed by atoms with Crippen LogP contribution >= 0.6 is 11.3 Å². The molecule has 21 heavy (non-hydrogen) atoms. The van der Waals surface area contributed by atoms with Gasteiger partial charge in [0, 0.05) is 24.8 Å². The number of likely N-dealkylation sites (N-methyl/N-ethyl adjacent to an activating group) is 1. The van der Waals surface area contributed by atoms with Crippen LogP contribution in [0.5, 0.6) is 0 Å². The summed E-state index contributed by atoms with van der Waals surface area (Å²) in [5, 5.41) is 1.92. The number of nitrogens with one attached hydrogen (secondary N) is 2. The van der Waals surface area contributed by atoms with Crippen molar-refractivity contribution >= 4 is 32.4 Å². The fourth-order valence-corrected chi connectivity index (χ4v) is 3.14. The number of H-pyrrole nitrogens is 1. The van der Waals surface area contributed by atoms with E-state index in [0.717, 1.165) is 17.6 Å². The Morgan fingerprint density at radius 3 is 2.90 bits per heavy atom. The summed E-state index contributed by atoms with van der Waals surface area (Å²) in [6.45, 7) is 0.379. The van der Waals surface area contributed by atoms with E-state index in [1.165, 1.54) is 4.90 Å². The van der Waals surface area contributed by atoms with Crippen LogP contribution in [0.4, 0.5) is 5.13 Å². The van der Waals surface area contributed by atoms with Gasteiger partial charge in [0.05, 0.1) is 24.9 Å². The minimum atomic E-state index is -3.35. The number of nitrogens with zero attached hydrogens (tertiary/aromatic N) is 3. The van der Waals surface area contributed by atoms with Gasteiger partial charge >= 0.3 is 0 Å². The normalized spacial score (nSPS) is 11.3. The van der Waals surface area contributed by atoms with Gasteiger partial charge in [-0.3, -0.25) is 9.52 Å². The van der Waals surface area contributed by atoms with Gasteiger partial charge in [-0.25, -0.2) is 18.4 Å². The molecular weight excluding hydrogens is 314 g/mol. The minimum Gasteiger partial charge on any atom is -0.347 e. The average Bonchev–Trinajstić information content (AvgIpc) is 2.99. The molecule has 0 fully saturated rings. The number of hydrogen-bond donors (Lipinski definition) is 2. The number of aromatic amines is 1. The predicted molar refractivity (Wildman–Crippen MR) is 79.3 cm³/mol. The topological polar surface area (TPSA) is 108 Å². The van der Waals surface area contributed by atoms with Crippen LogP contribution in [0.2, 0.25) is 0 Å². The molecule has 0 atom stereocenters. The molecule has 0 aliphatic heterocycles. The van der Waals surface area contributed by atoms with E-state index in [1.54, 1.807) is 24.8 Å². The third-order valence-electron chi connectivity index (χ3n) is 2.52. The highest BCUT2D eigenvalue weighted by Crippen LogP contribution is 2.17. The summed E-state index contributed by atoms with van der Waals surface area (Å²) in [6.07, 6.45) is 4.48. The third kappa shape index (κ3) is 4.83. The number of amides is 1. The Balaban J connectivity index is 1.93. The van der Waals surface area contributed by atoms with E-state index in [1.807, 2.05) is 0 Å². The number of imidazole rings is 1. The van der Waals surface area contributed by atoms with E-state index in [-0.39, 0.29) is 17.5 Å². The number of rotatable bonds is 6. The molecule has 2 aromatic heterocycles. The molecular formula is C11H15N5O3S2. The van der Waals surface area contributed by atoms with E-state index >= 15 is 0 Å². The third-order valence-corrected chi connectivity index (χ3v) is 4.02. The molecule has 114 valence electrons. The van der Waals surface area contributed by atoms with Crippen molar-refractivity contribution in [2.24, 2.45) is 0 Å². The Morgan fingerprint density at radius 1 is 1.52 bits per heavy atom. The fourth-order valence-electron chi connectivity index (χ4n) is 1.58. The maximum absolute atomic E-state index is 12.0. The maximum Gasteiger partial charge on any atom is 0.231 e. The van der Waals surface area contributed by atoms with E-state index in [2.05, 4.69) is 19.7 Å². The molecule has 2 N–H and O–H groups in total. The summed E-state index contributed by atoms with van der Waals surface area (Å²) in [4.78, 5) is 24.6. The molecule has 2 rings (SSSR count). The molecule has 0 unspecified atom stereocenters. The summed E-state index contributed by atoms with van der Waals surface area (Å²) >= 11 is 1.14. The Bertz CT molecular complexity index is 708. The predicted octanol–water partition coefficient (Wildman–Crippen LogP) is 0.439. The highest BCUT2D eigenvalue weighted by atomic mass is 32.2. The van der Waals surface area contributed by atoms with Crippen molar-refractivity contribution in [2.75, 3.05) is 18.0 Å². The number of sulfonamides is 1. The van der Waals surface area contributed by atoms with E-state index in [9.17, 15) is 13.2 Å².